The largest absolute Gasteiger partial charge is 0.493 e. The molecule has 1 saturated carbocycles. The van der Waals surface area contributed by atoms with Crippen LogP contribution in [0.1, 0.15) is 37.8 Å². The van der Waals surface area contributed by atoms with Crippen molar-refractivity contribution in [3.8, 4) is 17.0 Å². The van der Waals surface area contributed by atoms with Crippen LogP contribution in [0, 0.1) is 0 Å². The summed E-state index contributed by atoms with van der Waals surface area (Å²) in [6.07, 6.45) is 3.06. The lowest BCUT2D eigenvalue weighted by atomic mass is 10.1. The van der Waals surface area contributed by atoms with E-state index in [-0.39, 0.29) is 12.1 Å². The quantitative estimate of drug-likeness (QED) is 0.891. The fourth-order valence-electron chi connectivity index (χ4n) is 2.68. The Morgan fingerprint density at radius 1 is 1.23 bits per heavy atom. The van der Waals surface area contributed by atoms with E-state index in [1.807, 2.05) is 41.0 Å². The highest BCUT2D eigenvalue weighted by Gasteiger charge is 2.28. The van der Waals surface area contributed by atoms with Crippen LogP contribution in [0.3, 0.4) is 0 Å². The minimum absolute atomic E-state index is 0.0350. The summed E-state index contributed by atoms with van der Waals surface area (Å²) in [5.41, 5.74) is 8.29. The van der Waals surface area contributed by atoms with Crippen molar-refractivity contribution < 1.29 is 4.74 Å². The number of ether oxygens (including phenoxy) is 1. The van der Waals surface area contributed by atoms with Crippen molar-refractivity contribution in [1.82, 2.24) is 4.57 Å². The van der Waals surface area contributed by atoms with Gasteiger partial charge in [0.1, 0.15) is 5.75 Å². The average molecular weight is 298 g/mol. The second kappa shape index (κ2) is 6.36. The number of rotatable bonds is 6. The van der Waals surface area contributed by atoms with Crippen molar-refractivity contribution in [2.24, 2.45) is 5.73 Å². The molecule has 1 aromatic carbocycles. The molecule has 0 radical (unpaired) electrons. The fourth-order valence-corrected chi connectivity index (χ4v) is 2.68. The summed E-state index contributed by atoms with van der Waals surface area (Å²) < 4.78 is 7.75. The van der Waals surface area contributed by atoms with E-state index < -0.39 is 0 Å². The third-order valence-electron chi connectivity index (χ3n) is 3.95. The molecule has 22 heavy (non-hydrogen) atoms. The molecule has 1 heterocycles. The van der Waals surface area contributed by atoms with Gasteiger partial charge in [-0.25, -0.2) is 0 Å². The Balaban J connectivity index is 2.12. The summed E-state index contributed by atoms with van der Waals surface area (Å²) in [7, 11) is 0. The SMILES string of the molecule is CCCOc1ccccc1-c1ccc(CN)c(=O)n1C1CC1. The normalized spacial score (nSPS) is 14.1. The first-order chi connectivity index (χ1) is 10.8. The molecule has 1 aliphatic rings. The highest BCUT2D eigenvalue weighted by molar-refractivity contribution is 5.68. The van der Waals surface area contributed by atoms with Crippen LogP contribution in [0.2, 0.25) is 0 Å². The molecule has 4 heteroatoms. The highest BCUT2D eigenvalue weighted by Crippen LogP contribution is 2.39. The van der Waals surface area contributed by atoms with E-state index >= 15 is 0 Å². The summed E-state index contributed by atoms with van der Waals surface area (Å²) in [6, 6.07) is 12.1. The van der Waals surface area contributed by atoms with E-state index in [1.165, 1.54) is 0 Å². The second-order valence-electron chi connectivity index (χ2n) is 5.70. The molecule has 2 N–H and O–H groups in total. The first-order valence-corrected chi connectivity index (χ1v) is 7.93. The topological polar surface area (TPSA) is 57.2 Å². The lowest BCUT2D eigenvalue weighted by Crippen LogP contribution is -2.26. The van der Waals surface area contributed by atoms with Crippen molar-refractivity contribution in [2.45, 2.75) is 38.8 Å². The predicted octanol–water partition coefficient (Wildman–Crippen LogP) is 3.10. The Kier molecular flexibility index (Phi) is 4.29. The molecule has 0 bridgehead atoms. The van der Waals surface area contributed by atoms with Crippen molar-refractivity contribution in [3.63, 3.8) is 0 Å². The van der Waals surface area contributed by atoms with Crippen LogP contribution in [0.4, 0.5) is 0 Å². The van der Waals surface area contributed by atoms with E-state index in [9.17, 15) is 4.79 Å². The standard InChI is InChI=1S/C18H22N2O2/c1-2-11-22-17-6-4-3-5-15(17)16-10-7-13(12-19)18(21)20(16)14-8-9-14/h3-7,10,14H,2,8-9,11-12,19H2,1H3. The van der Waals surface area contributed by atoms with E-state index in [4.69, 9.17) is 10.5 Å². The molecule has 4 nitrogen and oxygen atoms in total. The zero-order chi connectivity index (χ0) is 15.5. The number of aromatic nitrogens is 1. The summed E-state index contributed by atoms with van der Waals surface area (Å²) in [6.45, 7) is 3.03. The summed E-state index contributed by atoms with van der Waals surface area (Å²) in [4.78, 5) is 12.6. The molecule has 0 amide bonds. The fraction of sp³-hybridized carbons (Fsp3) is 0.389. The van der Waals surface area contributed by atoms with Crippen molar-refractivity contribution in [3.05, 3.63) is 52.3 Å². The molecule has 3 rings (SSSR count). The van der Waals surface area contributed by atoms with Gasteiger partial charge in [0.2, 0.25) is 0 Å². The Morgan fingerprint density at radius 3 is 2.68 bits per heavy atom. The minimum atomic E-state index is 0.0350. The van der Waals surface area contributed by atoms with E-state index in [1.54, 1.807) is 0 Å². The van der Waals surface area contributed by atoms with Gasteiger partial charge in [-0.15, -0.1) is 0 Å². The van der Waals surface area contributed by atoms with E-state index in [0.717, 1.165) is 36.3 Å². The van der Waals surface area contributed by atoms with Crippen LogP contribution in [-0.4, -0.2) is 11.2 Å². The number of pyridine rings is 1. The van der Waals surface area contributed by atoms with Gasteiger partial charge in [-0.05, 0) is 37.5 Å². The van der Waals surface area contributed by atoms with Gasteiger partial charge in [-0.2, -0.15) is 0 Å². The van der Waals surface area contributed by atoms with Gasteiger partial charge in [-0.3, -0.25) is 4.79 Å². The van der Waals surface area contributed by atoms with Crippen molar-refractivity contribution in [2.75, 3.05) is 6.61 Å². The average Bonchev–Trinajstić information content (AvgIpc) is 3.37. The van der Waals surface area contributed by atoms with Crippen LogP contribution < -0.4 is 16.0 Å². The molecule has 1 fully saturated rings. The lowest BCUT2D eigenvalue weighted by molar-refractivity contribution is 0.318. The highest BCUT2D eigenvalue weighted by atomic mass is 16.5. The van der Waals surface area contributed by atoms with Crippen LogP contribution in [-0.2, 0) is 6.54 Å². The number of benzene rings is 1. The van der Waals surface area contributed by atoms with Crippen molar-refractivity contribution >= 4 is 0 Å². The number of hydrogen-bond donors (Lipinski definition) is 1. The third-order valence-corrected chi connectivity index (χ3v) is 3.95. The lowest BCUT2D eigenvalue weighted by Gasteiger charge is -2.17. The molecule has 0 aliphatic heterocycles. The third kappa shape index (κ3) is 2.79. The summed E-state index contributed by atoms with van der Waals surface area (Å²) in [5, 5.41) is 0. The number of hydrogen-bond acceptors (Lipinski definition) is 3. The molecule has 0 unspecified atom stereocenters. The van der Waals surface area contributed by atoms with Crippen LogP contribution in [0.25, 0.3) is 11.3 Å². The predicted molar refractivity (Wildman–Crippen MR) is 88.1 cm³/mol. The molecular weight excluding hydrogens is 276 g/mol. The molecule has 0 atom stereocenters. The first kappa shape index (κ1) is 14.9. The maximum absolute atomic E-state index is 12.6. The Labute approximate surface area is 130 Å². The van der Waals surface area contributed by atoms with Gasteiger partial charge in [0.25, 0.3) is 5.56 Å². The Morgan fingerprint density at radius 2 is 2.00 bits per heavy atom. The Bertz CT molecular complexity index is 717. The van der Waals surface area contributed by atoms with E-state index in [0.29, 0.717) is 18.2 Å². The molecule has 1 aromatic heterocycles. The molecule has 116 valence electrons. The number of nitrogens with two attached hydrogens (primary N) is 1. The van der Waals surface area contributed by atoms with Crippen LogP contribution in [0.15, 0.2) is 41.2 Å². The molecule has 1 aliphatic carbocycles. The monoisotopic (exact) mass is 298 g/mol. The Hall–Kier alpha value is -2.07. The van der Waals surface area contributed by atoms with Gasteiger partial charge < -0.3 is 15.0 Å². The minimum Gasteiger partial charge on any atom is -0.493 e. The van der Waals surface area contributed by atoms with Crippen LogP contribution >= 0.6 is 0 Å². The van der Waals surface area contributed by atoms with Crippen LogP contribution in [0.5, 0.6) is 5.75 Å². The van der Waals surface area contributed by atoms with Gasteiger partial charge >= 0.3 is 0 Å². The van der Waals surface area contributed by atoms with Gasteiger partial charge in [0.05, 0.1) is 12.3 Å². The van der Waals surface area contributed by atoms with Gasteiger partial charge in [0.15, 0.2) is 0 Å². The summed E-state index contributed by atoms with van der Waals surface area (Å²) in [5.74, 6) is 0.832. The molecule has 0 saturated heterocycles. The smallest absolute Gasteiger partial charge is 0.255 e. The maximum atomic E-state index is 12.6. The number of nitrogens with zero attached hydrogens (tertiary/aromatic N) is 1. The second-order valence-corrected chi connectivity index (χ2v) is 5.70. The first-order valence-electron chi connectivity index (χ1n) is 7.93. The zero-order valence-electron chi connectivity index (χ0n) is 12.9. The maximum Gasteiger partial charge on any atom is 0.255 e. The molecular formula is C18H22N2O2. The summed E-state index contributed by atoms with van der Waals surface area (Å²) >= 11 is 0. The molecule has 0 spiro atoms. The van der Waals surface area contributed by atoms with Gasteiger partial charge in [0, 0.05) is 23.7 Å². The van der Waals surface area contributed by atoms with E-state index in [2.05, 4.69) is 6.92 Å². The van der Waals surface area contributed by atoms with Gasteiger partial charge in [-0.1, -0.05) is 25.1 Å². The number of para-hydroxylation sites is 1. The zero-order valence-corrected chi connectivity index (χ0v) is 12.9. The van der Waals surface area contributed by atoms with Crippen molar-refractivity contribution in [1.29, 1.82) is 0 Å². The molecule has 2 aromatic rings.